The minimum atomic E-state index is -0.614. The molecule has 1 saturated heterocycles. The Kier molecular flexibility index (Phi) is 4.81. The lowest BCUT2D eigenvalue weighted by Crippen LogP contribution is -2.49. The predicted molar refractivity (Wildman–Crippen MR) is 112 cm³/mol. The molecule has 3 heterocycles. The zero-order valence-corrected chi connectivity index (χ0v) is 16.8. The first kappa shape index (κ1) is 19.7. The van der Waals surface area contributed by atoms with Crippen molar-refractivity contribution in [2.75, 3.05) is 36.8 Å². The van der Waals surface area contributed by atoms with Crippen molar-refractivity contribution < 1.29 is 14.4 Å². The van der Waals surface area contributed by atoms with Crippen LogP contribution in [-0.4, -0.2) is 53.4 Å². The summed E-state index contributed by atoms with van der Waals surface area (Å²) in [6.07, 6.45) is 0. The number of nitrogens with one attached hydrogen (secondary N) is 1. The van der Waals surface area contributed by atoms with Gasteiger partial charge >= 0.3 is 0 Å². The van der Waals surface area contributed by atoms with Crippen LogP contribution < -0.4 is 21.5 Å². The average Bonchev–Trinajstić information content (AvgIpc) is 3.01. The van der Waals surface area contributed by atoms with Gasteiger partial charge in [-0.2, -0.15) is 0 Å². The predicted octanol–water partition coefficient (Wildman–Crippen LogP) is 0.608. The Hall–Kier alpha value is -3.62. The molecule has 1 aromatic carbocycles. The largest absolute Gasteiger partial charge is 0.384 e. The van der Waals surface area contributed by atoms with Crippen molar-refractivity contribution in [3.05, 3.63) is 51.8 Å². The fraction of sp³-hybridized carbons (Fsp3) is 0.333. The molecule has 0 spiro atoms. The molecule has 2 aliphatic rings. The minimum Gasteiger partial charge on any atom is -0.384 e. The van der Waals surface area contributed by atoms with Crippen LogP contribution in [-0.2, 0) is 4.79 Å². The Morgan fingerprint density at radius 3 is 2.17 bits per heavy atom. The standard InChI is InChI=1S/C21H23N5O4/c1-12(2)21(30)25-9-7-24(8-10-25)13-3-5-14(6-4-13)26-16(27)11-15-17(18(26)22)20(29)23-19(15)28/h3-6,11-12H,7-10,22H2,1-2H3,(H,23,28,29). The maximum Gasteiger partial charge on any atom is 0.262 e. The second kappa shape index (κ2) is 7.33. The molecule has 0 saturated carbocycles. The number of anilines is 2. The fourth-order valence-electron chi connectivity index (χ4n) is 3.91. The third-order valence-corrected chi connectivity index (χ3v) is 5.51. The van der Waals surface area contributed by atoms with Crippen molar-refractivity contribution in [3.8, 4) is 5.69 Å². The van der Waals surface area contributed by atoms with Crippen molar-refractivity contribution in [2.24, 2.45) is 5.92 Å². The summed E-state index contributed by atoms with van der Waals surface area (Å²) in [5.74, 6) is -1.12. The number of fused-ring (bicyclic) bond motifs is 1. The fourth-order valence-corrected chi connectivity index (χ4v) is 3.91. The van der Waals surface area contributed by atoms with Crippen molar-refractivity contribution in [1.82, 2.24) is 14.8 Å². The number of benzene rings is 1. The number of amides is 3. The van der Waals surface area contributed by atoms with Gasteiger partial charge in [0.05, 0.1) is 16.8 Å². The molecular weight excluding hydrogens is 386 g/mol. The maximum absolute atomic E-state index is 12.5. The van der Waals surface area contributed by atoms with Crippen LogP contribution in [0, 0.1) is 5.92 Å². The topological polar surface area (TPSA) is 118 Å². The Balaban J connectivity index is 1.57. The molecule has 3 N–H and O–H groups in total. The lowest BCUT2D eigenvalue weighted by Gasteiger charge is -2.37. The van der Waals surface area contributed by atoms with Crippen LogP contribution in [0.25, 0.3) is 5.69 Å². The number of hydrogen-bond acceptors (Lipinski definition) is 6. The second-order valence-corrected chi connectivity index (χ2v) is 7.76. The van der Waals surface area contributed by atoms with Gasteiger partial charge in [-0.25, -0.2) is 0 Å². The van der Waals surface area contributed by atoms with Crippen molar-refractivity contribution in [3.63, 3.8) is 0 Å². The maximum atomic E-state index is 12.5. The molecule has 1 fully saturated rings. The number of carbonyl (C=O) groups excluding carboxylic acids is 3. The number of hydrogen-bond donors (Lipinski definition) is 2. The number of aromatic nitrogens is 1. The van der Waals surface area contributed by atoms with Gasteiger partial charge in [-0.1, -0.05) is 13.8 Å². The lowest BCUT2D eigenvalue weighted by molar-refractivity contribution is -0.134. The number of nitrogens with zero attached hydrogens (tertiary/aromatic N) is 3. The highest BCUT2D eigenvalue weighted by Crippen LogP contribution is 2.24. The minimum absolute atomic E-state index is 0.00388. The van der Waals surface area contributed by atoms with Gasteiger partial charge in [-0.15, -0.1) is 0 Å². The Bertz CT molecular complexity index is 1100. The zero-order valence-electron chi connectivity index (χ0n) is 16.8. The normalized spacial score (nSPS) is 16.1. The van der Waals surface area contributed by atoms with E-state index in [4.69, 9.17) is 5.73 Å². The third-order valence-electron chi connectivity index (χ3n) is 5.51. The smallest absolute Gasteiger partial charge is 0.262 e. The first-order valence-corrected chi connectivity index (χ1v) is 9.83. The zero-order chi connectivity index (χ0) is 21.6. The summed E-state index contributed by atoms with van der Waals surface area (Å²) in [6.45, 7) is 6.58. The number of nitrogens with two attached hydrogens (primary N) is 1. The second-order valence-electron chi connectivity index (χ2n) is 7.76. The monoisotopic (exact) mass is 409 g/mol. The van der Waals surface area contributed by atoms with Gasteiger partial charge in [-0.05, 0) is 24.3 Å². The summed E-state index contributed by atoms with van der Waals surface area (Å²) >= 11 is 0. The average molecular weight is 409 g/mol. The molecule has 0 unspecified atom stereocenters. The number of piperazine rings is 1. The van der Waals surface area contributed by atoms with E-state index in [1.54, 1.807) is 12.1 Å². The van der Waals surface area contributed by atoms with Crippen LogP contribution >= 0.6 is 0 Å². The van der Waals surface area contributed by atoms with Crippen LogP contribution in [0.3, 0.4) is 0 Å². The highest BCUT2D eigenvalue weighted by Gasteiger charge is 2.32. The van der Waals surface area contributed by atoms with E-state index < -0.39 is 17.4 Å². The van der Waals surface area contributed by atoms with Gasteiger partial charge in [0.25, 0.3) is 17.4 Å². The first-order chi connectivity index (χ1) is 14.3. The van der Waals surface area contributed by atoms with E-state index in [2.05, 4.69) is 10.2 Å². The van der Waals surface area contributed by atoms with Crippen LogP contribution in [0.5, 0.6) is 0 Å². The molecule has 0 radical (unpaired) electrons. The molecule has 3 amide bonds. The molecule has 2 aliphatic heterocycles. The highest BCUT2D eigenvalue weighted by molar-refractivity contribution is 6.23. The van der Waals surface area contributed by atoms with Crippen molar-refractivity contribution in [1.29, 1.82) is 0 Å². The van der Waals surface area contributed by atoms with Gasteiger partial charge in [0.2, 0.25) is 5.91 Å². The third kappa shape index (κ3) is 3.22. The van der Waals surface area contributed by atoms with E-state index in [-0.39, 0.29) is 28.8 Å². The van der Waals surface area contributed by atoms with Crippen molar-refractivity contribution >= 4 is 29.2 Å². The van der Waals surface area contributed by atoms with Crippen LogP contribution in [0.4, 0.5) is 11.5 Å². The van der Waals surface area contributed by atoms with Crippen LogP contribution in [0.2, 0.25) is 0 Å². The Morgan fingerprint density at radius 2 is 1.57 bits per heavy atom. The number of rotatable bonds is 3. The van der Waals surface area contributed by atoms with Gasteiger partial charge < -0.3 is 15.5 Å². The number of carbonyl (C=O) groups is 3. The van der Waals surface area contributed by atoms with E-state index in [0.29, 0.717) is 18.8 Å². The molecule has 0 aliphatic carbocycles. The molecular formula is C21H23N5O4. The summed E-state index contributed by atoms with van der Waals surface area (Å²) in [4.78, 5) is 52.5. The molecule has 1 aromatic heterocycles. The molecule has 0 bridgehead atoms. The summed E-state index contributed by atoms with van der Waals surface area (Å²) in [5.41, 5.74) is 7.09. The summed E-state index contributed by atoms with van der Waals surface area (Å²) in [7, 11) is 0. The molecule has 9 nitrogen and oxygen atoms in total. The first-order valence-electron chi connectivity index (χ1n) is 9.83. The molecule has 156 valence electrons. The van der Waals surface area contributed by atoms with E-state index in [1.165, 1.54) is 4.57 Å². The van der Waals surface area contributed by atoms with E-state index >= 15 is 0 Å². The van der Waals surface area contributed by atoms with E-state index in [0.717, 1.165) is 24.8 Å². The number of imide groups is 1. The molecule has 30 heavy (non-hydrogen) atoms. The molecule has 9 heteroatoms. The van der Waals surface area contributed by atoms with E-state index in [9.17, 15) is 19.2 Å². The Labute approximate surface area is 173 Å². The van der Waals surface area contributed by atoms with Gasteiger partial charge in [-0.3, -0.25) is 29.1 Å². The number of nitrogen functional groups attached to an aromatic ring is 1. The quantitative estimate of drug-likeness (QED) is 0.717. The Morgan fingerprint density at radius 1 is 0.967 bits per heavy atom. The highest BCUT2D eigenvalue weighted by atomic mass is 16.2. The van der Waals surface area contributed by atoms with E-state index in [1.807, 2.05) is 30.9 Å². The van der Waals surface area contributed by atoms with Crippen molar-refractivity contribution in [2.45, 2.75) is 13.8 Å². The summed E-state index contributed by atoms with van der Waals surface area (Å²) in [5, 5.41) is 2.15. The summed E-state index contributed by atoms with van der Waals surface area (Å²) in [6, 6.07) is 8.38. The van der Waals surface area contributed by atoms with Gasteiger partial charge in [0, 0.05) is 43.9 Å². The van der Waals surface area contributed by atoms with Crippen LogP contribution in [0.1, 0.15) is 34.6 Å². The molecule has 0 atom stereocenters. The lowest BCUT2D eigenvalue weighted by atomic mass is 10.1. The number of pyridine rings is 1. The molecule has 2 aromatic rings. The van der Waals surface area contributed by atoms with Gasteiger partial charge in [0.1, 0.15) is 5.82 Å². The SMILES string of the molecule is CC(C)C(=O)N1CCN(c2ccc(-n3c(N)c4c(cc3=O)C(=O)NC4=O)cc2)CC1. The van der Waals surface area contributed by atoms with Gasteiger partial charge in [0.15, 0.2) is 0 Å². The molecule has 4 rings (SSSR count). The summed E-state index contributed by atoms with van der Waals surface area (Å²) < 4.78 is 1.22. The van der Waals surface area contributed by atoms with Crippen LogP contribution in [0.15, 0.2) is 35.1 Å².